The minimum absolute atomic E-state index is 0.0508. The highest BCUT2D eigenvalue weighted by atomic mass is 35.5. The van der Waals surface area contributed by atoms with Crippen LogP contribution in [0.15, 0.2) is 65.8 Å². The Morgan fingerprint density at radius 3 is 2.44 bits per heavy atom. The van der Waals surface area contributed by atoms with Crippen molar-refractivity contribution in [3.05, 3.63) is 77.1 Å². The maximum absolute atomic E-state index is 13.9. The smallest absolute Gasteiger partial charge is 0.251 e. The average Bonchev–Trinajstić information content (AvgIpc) is 4.09. The van der Waals surface area contributed by atoms with Crippen LogP contribution in [0.2, 0.25) is 5.02 Å². The number of aliphatic hydroxyl groups excluding tert-OH is 5. The molecule has 15 heteroatoms. The molecule has 0 aliphatic heterocycles. The number of ether oxygens (including phenoxy) is 2. The van der Waals surface area contributed by atoms with Crippen molar-refractivity contribution >= 4 is 27.5 Å². The lowest BCUT2D eigenvalue weighted by molar-refractivity contribution is -0.148. The third kappa shape index (κ3) is 9.48. The molecular weight excluding hydrogens is 714 g/mol. The van der Waals surface area contributed by atoms with Crippen LogP contribution in [0.4, 0.5) is 0 Å². The van der Waals surface area contributed by atoms with E-state index in [1.807, 2.05) is 36.5 Å². The SMILES string of the molecule is CC(C)N(CCCCNC(=O)C(O)C(O)C(O)C(O)CO)S(=O)(=O)c1ccc(Cl)c(COC2(c3cnccc3-c3ccccc3OC3CC3)CC2)c1. The Balaban J connectivity index is 1.22. The van der Waals surface area contributed by atoms with Gasteiger partial charge in [-0.05, 0) is 93.8 Å². The molecule has 4 atom stereocenters. The predicted octanol–water partition coefficient (Wildman–Crippen LogP) is 2.88. The normalized spacial score (nSPS) is 17.8. The van der Waals surface area contributed by atoms with Crippen molar-refractivity contribution in [2.24, 2.45) is 0 Å². The van der Waals surface area contributed by atoms with Crippen LogP contribution in [-0.2, 0) is 31.8 Å². The van der Waals surface area contributed by atoms with Crippen LogP contribution in [0.3, 0.4) is 0 Å². The van der Waals surface area contributed by atoms with Crippen LogP contribution in [-0.4, -0.2) is 105 Å². The third-order valence-corrected chi connectivity index (χ3v) is 11.8. The van der Waals surface area contributed by atoms with E-state index in [1.54, 1.807) is 32.2 Å². The standard InChI is InChI=1S/C37H48ClN3O10S/c1-23(2)41(18-6-5-16-40-36(47)35(46)34(45)33(44)31(43)21-42)52(48,49)26-11-12-30(38)24(19-26)22-50-37(14-15-37)29-20-39-17-13-27(29)28-7-3-4-8-32(28)51-25-9-10-25/h3-4,7-8,11-13,17,19-20,23,25,31,33-35,42-46H,5-6,9-10,14-16,18,21-22H2,1-2H3,(H,40,47). The van der Waals surface area contributed by atoms with Gasteiger partial charge in [0.15, 0.2) is 6.10 Å². The minimum atomic E-state index is -3.97. The summed E-state index contributed by atoms with van der Waals surface area (Å²) < 4.78 is 41.9. The lowest BCUT2D eigenvalue weighted by atomic mass is 9.96. The molecule has 1 aromatic heterocycles. The molecule has 1 heterocycles. The number of rotatable bonds is 20. The van der Waals surface area contributed by atoms with Gasteiger partial charge in [-0.1, -0.05) is 29.8 Å². The Morgan fingerprint density at radius 1 is 1.04 bits per heavy atom. The van der Waals surface area contributed by atoms with Crippen LogP contribution in [0.1, 0.15) is 63.5 Å². The number of hydrogen-bond donors (Lipinski definition) is 6. The first-order chi connectivity index (χ1) is 24.8. The zero-order valence-electron chi connectivity index (χ0n) is 29.3. The van der Waals surface area contributed by atoms with E-state index in [9.17, 15) is 33.6 Å². The highest BCUT2D eigenvalue weighted by molar-refractivity contribution is 7.89. The summed E-state index contributed by atoms with van der Waals surface area (Å²) in [7, 11) is -3.97. The molecule has 0 spiro atoms. The van der Waals surface area contributed by atoms with E-state index >= 15 is 0 Å². The first-order valence-corrected chi connectivity index (χ1v) is 19.4. The fraction of sp³-hybridized carbons (Fsp3) is 0.514. The van der Waals surface area contributed by atoms with E-state index in [4.69, 9.17) is 26.2 Å². The molecule has 4 unspecified atom stereocenters. The second kappa shape index (κ2) is 17.3. The van der Waals surface area contributed by atoms with Crippen LogP contribution < -0.4 is 10.1 Å². The summed E-state index contributed by atoms with van der Waals surface area (Å²) in [6, 6.07) is 14.1. The number of unbranched alkanes of at least 4 members (excludes halogenated alkanes) is 1. The Bertz CT molecular complexity index is 1790. The van der Waals surface area contributed by atoms with Crippen LogP contribution >= 0.6 is 11.6 Å². The number of benzene rings is 2. The third-order valence-electron chi connectivity index (χ3n) is 9.34. The van der Waals surface area contributed by atoms with Gasteiger partial charge in [0, 0.05) is 47.7 Å². The summed E-state index contributed by atoms with van der Waals surface area (Å²) in [6.07, 6.45) is 0.398. The zero-order valence-corrected chi connectivity index (χ0v) is 30.8. The molecule has 2 saturated carbocycles. The molecule has 0 saturated heterocycles. The van der Waals surface area contributed by atoms with E-state index in [2.05, 4.69) is 10.3 Å². The fourth-order valence-corrected chi connectivity index (χ4v) is 7.87. The lowest BCUT2D eigenvalue weighted by Gasteiger charge is -2.27. The number of nitrogens with zero attached hydrogens (tertiary/aromatic N) is 2. The second-order valence-electron chi connectivity index (χ2n) is 13.7. The van der Waals surface area contributed by atoms with Gasteiger partial charge < -0.3 is 40.3 Å². The van der Waals surface area contributed by atoms with Gasteiger partial charge in [-0.2, -0.15) is 4.31 Å². The summed E-state index contributed by atoms with van der Waals surface area (Å²) in [4.78, 5) is 16.7. The van der Waals surface area contributed by atoms with E-state index in [0.717, 1.165) is 48.1 Å². The van der Waals surface area contributed by atoms with Gasteiger partial charge in [-0.15, -0.1) is 0 Å². The predicted molar refractivity (Wildman–Crippen MR) is 193 cm³/mol. The summed E-state index contributed by atoms with van der Waals surface area (Å²) in [5.41, 5.74) is 2.80. The molecule has 284 valence electrons. The van der Waals surface area contributed by atoms with Crippen molar-refractivity contribution in [1.29, 1.82) is 0 Å². The van der Waals surface area contributed by atoms with Gasteiger partial charge in [0.2, 0.25) is 10.0 Å². The molecule has 2 aromatic carbocycles. The van der Waals surface area contributed by atoms with Crippen LogP contribution in [0.5, 0.6) is 5.75 Å². The first-order valence-electron chi connectivity index (χ1n) is 17.5. The first kappa shape index (κ1) is 40.0. The number of halogens is 1. The van der Waals surface area contributed by atoms with Crippen molar-refractivity contribution in [3.63, 3.8) is 0 Å². The van der Waals surface area contributed by atoms with Gasteiger partial charge in [-0.25, -0.2) is 8.42 Å². The number of nitrogens with one attached hydrogen (secondary N) is 1. The summed E-state index contributed by atoms with van der Waals surface area (Å²) in [6.45, 7) is 2.92. The van der Waals surface area contributed by atoms with E-state index < -0.39 is 58.6 Å². The maximum atomic E-state index is 13.9. The summed E-state index contributed by atoms with van der Waals surface area (Å²) in [5, 5.41) is 50.8. The molecular formula is C37H48ClN3O10S. The average molecular weight is 762 g/mol. The zero-order chi connectivity index (χ0) is 37.6. The van der Waals surface area contributed by atoms with Gasteiger partial charge in [-0.3, -0.25) is 9.78 Å². The van der Waals surface area contributed by atoms with Crippen molar-refractivity contribution in [2.45, 2.75) is 106 Å². The molecule has 0 bridgehead atoms. The van der Waals surface area contributed by atoms with E-state index in [0.29, 0.717) is 23.4 Å². The van der Waals surface area contributed by atoms with E-state index in [1.165, 1.54) is 10.4 Å². The Morgan fingerprint density at radius 2 is 1.77 bits per heavy atom. The fourth-order valence-electron chi connectivity index (χ4n) is 5.97. The molecule has 52 heavy (non-hydrogen) atoms. The number of hydrogen-bond acceptors (Lipinski definition) is 11. The minimum Gasteiger partial charge on any atom is -0.490 e. The second-order valence-corrected chi connectivity index (χ2v) is 16.0. The maximum Gasteiger partial charge on any atom is 0.251 e. The van der Waals surface area contributed by atoms with Crippen molar-refractivity contribution in [1.82, 2.24) is 14.6 Å². The topological polar surface area (TPSA) is 199 Å². The van der Waals surface area contributed by atoms with Crippen molar-refractivity contribution in [3.8, 4) is 16.9 Å². The monoisotopic (exact) mass is 761 g/mol. The molecule has 6 N–H and O–H groups in total. The molecule has 0 radical (unpaired) electrons. The van der Waals surface area contributed by atoms with Gasteiger partial charge in [0.1, 0.15) is 24.1 Å². The van der Waals surface area contributed by atoms with Crippen molar-refractivity contribution < 1.29 is 48.2 Å². The van der Waals surface area contributed by atoms with Crippen LogP contribution in [0.25, 0.3) is 11.1 Å². The highest BCUT2D eigenvalue weighted by Gasteiger charge is 2.48. The van der Waals surface area contributed by atoms with Gasteiger partial charge in [0.05, 0.1) is 29.8 Å². The number of aliphatic hydroxyl groups is 5. The number of carbonyl (C=O) groups excluding carboxylic acids is 1. The number of pyridine rings is 1. The van der Waals surface area contributed by atoms with Gasteiger partial charge >= 0.3 is 0 Å². The van der Waals surface area contributed by atoms with E-state index in [-0.39, 0.29) is 30.7 Å². The molecule has 2 aliphatic carbocycles. The quantitative estimate of drug-likeness (QED) is 0.0926. The number of para-hydroxylation sites is 1. The largest absolute Gasteiger partial charge is 0.490 e. The summed E-state index contributed by atoms with van der Waals surface area (Å²) in [5.74, 6) is -0.166. The number of amides is 1. The Kier molecular flexibility index (Phi) is 13.3. The number of carbonyl (C=O) groups is 1. The molecule has 3 aromatic rings. The molecule has 2 fully saturated rings. The molecule has 1 amide bonds. The molecule has 5 rings (SSSR count). The Labute approximate surface area is 309 Å². The molecule has 13 nitrogen and oxygen atoms in total. The number of sulfonamides is 1. The summed E-state index contributed by atoms with van der Waals surface area (Å²) >= 11 is 6.59. The van der Waals surface area contributed by atoms with Crippen LogP contribution in [0, 0.1) is 0 Å². The van der Waals surface area contributed by atoms with Crippen molar-refractivity contribution in [2.75, 3.05) is 19.7 Å². The molecule has 2 aliphatic rings. The highest BCUT2D eigenvalue weighted by Crippen LogP contribution is 2.53. The van der Waals surface area contributed by atoms with Gasteiger partial charge in [0.25, 0.3) is 5.91 Å². The Hall–Kier alpha value is -3.18. The number of aromatic nitrogens is 1. The lowest BCUT2D eigenvalue weighted by Crippen LogP contribution is -2.51.